The summed E-state index contributed by atoms with van der Waals surface area (Å²) in [4.78, 5) is 28.9. The molecule has 1 fully saturated rings. The van der Waals surface area contributed by atoms with Crippen LogP contribution in [-0.4, -0.2) is 51.3 Å². The monoisotopic (exact) mass is 398 g/mol. The summed E-state index contributed by atoms with van der Waals surface area (Å²) in [5, 5.41) is 4.39. The second-order valence-corrected chi connectivity index (χ2v) is 7.43. The zero-order chi connectivity index (χ0) is 20.1. The molecule has 3 heterocycles. The van der Waals surface area contributed by atoms with Gasteiger partial charge in [0.1, 0.15) is 11.3 Å². The Labute approximate surface area is 158 Å². The molecule has 1 atom stereocenters. The summed E-state index contributed by atoms with van der Waals surface area (Å²) in [7, 11) is 1.14. The summed E-state index contributed by atoms with van der Waals surface area (Å²) in [6, 6.07) is -0.389. The van der Waals surface area contributed by atoms with Crippen molar-refractivity contribution in [1.82, 2.24) is 19.5 Å². The number of methoxy groups -OCH3 is 1. The molecule has 0 spiro atoms. The molecule has 7 nitrogen and oxygen atoms in total. The number of halogens is 3. The Morgan fingerprint density at radius 2 is 2.00 bits per heavy atom. The van der Waals surface area contributed by atoms with E-state index in [0.29, 0.717) is 10.5 Å². The predicted molar refractivity (Wildman–Crippen MR) is 93.2 cm³/mol. The second kappa shape index (κ2) is 6.91. The Kier molecular flexibility index (Phi) is 4.68. The van der Waals surface area contributed by atoms with Crippen LogP contribution in [-0.2, 0) is 11.3 Å². The fourth-order valence-corrected chi connectivity index (χ4v) is 4.17. The highest BCUT2D eigenvalue weighted by atomic mass is 19.4. The first-order valence-electron chi connectivity index (χ1n) is 9.32. The van der Waals surface area contributed by atoms with E-state index in [4.69, 9.17) is 0 Å². The SMILES string of the molecule is COC[C@@H](N1Cc2c([nH]c3cc(C4CCCCC4)nn3c2=O)C1=O)C(F)(F)F. The predicted octanol–water partition coefficient (Wildman–Crippen LogP) is 2.60. The first-order valence-corrected chi connectivity index (χ1v) is 9.32. The van der Waals surface area contributed by atoms with Crippen molar-refractivity contribution in [1.29, 1.82) is 0 Å². The maximum absolute atomic E-state index is 13.4. The molecule has 1 amide bonds. The van der Waals surface area contributed by atoms with E-state index < -0.39 is 36.8 Å². The van der Waals surface area contributed by atoms with Gasteiger partial charge in [0.2, 0.25) is 0 Å². The molecular weight excluding hydrogens is 377 g/mol. The minimum absolute atomic E-state index is 0.00106. The van der Waals surface area contributed by atoms with Gasteiger partial charge in [0.05, 0.1) is 24.4 Å². The molecule has 152 valence electrons. The highest BCUT2D eigenvalue weighted by Gasteiger charge is 2.49. The summed E-state index contributed by atoms with van der Waals surface area (Å²) in [6.45, 7) is -1.12. The van der Waals surface area contributed by atoms with Crippen LogP contribution in [0.4, 0.5) is 13.2 Å². The van der Waals surface area contributed by atoms with E-state index in [9.17, 15) is 22.8 Å². The van der Waals surface area contributed by atoms with Crippen LogP contribution in [0.15, 0.2) is 10.9 Å². The van der Waals surface area contributed by atoms with Crippen LogP contribution in [0.1, 0.15) is 59.8 Å². The minimum atomic E-state index is -4.66. The Bertz CT molecular complexity index is 959. The van der Waals surface area contributed by atoms with Gasteiger partial charge in [-0.1, -0.05) is 19.3 Å². The zero-order valence-electron chi connectivity index (χ0n) is 15.4. The number of hydrogen-bond donors (Lipinski definition) is 1. The maximum Gasteiger partial charge on any atom is 0.411 e. The average Bonchev–Trinajstić information content (AvgIpc) is 3.23. The lowest BCUT2D eigenvalue weighted by Gasteiger charge is -2.28. The Balaban J connectivity index is 1.71. The van der Waals surface area contributed by atoms with Gasteiger partial charge in [0, 0.05) is 19.1 Å². The van der Waals surface area contributed by atoms with Gasteiger partial charge in [-0.2, -0.15) is 22.8 Å². The van der Waals surface area contributed by atoms with Crippen molar-refractivity contribution in [2.24, 2.45) is 0 Å². The smallest absolute Gasteiger partial charge is 0.382 e. The Morgan fingerprint density at radius 3 is 2.64 bits per heavy atom. The molecule has 10 heteroatoms. The van der Waals surface area contributed by atoms with Crippen molar-refractivity contribution < 1.29 is 22.7 Å². The van der Waals surface area contributed by atoms with E-state index in [2.05, 4.69) is 14.8 Å². The van der Waals surface area contributed by atoms with Crippen LogP contribution in [0, 0.1) is 0 Å². The molecule has 4 rings (SSSR count). The lowest BCUT2D eigenvalue weighted by atomic mass is 9.87. The van der Waals surface area contributed by atoms with Gasteiger partial charge in [-0.15, -0.1) is 0 Å². The molecule has 0 aromatic carbocycles. The van der Waals surface area contributed by atoms with Gasteiger partial charge in [-0.3, -0.25) is 9.59 Å². The molecular formula is C18H21F3N4O3. The number of nitrogens with zero attached hydrogens (tertiary/aromatic N) is 3. The van der Waals surface area contributed by atoms with Crippen molar-refractivity contribution >= 4 is 11.6 Å². The number of aromatic amines is 1. The quantitative estimate of drug-likeness (QED) is 0.859. The number of hydrogen-bond acceptors (Lipinski definition) is 4. The third-order valence-corrected chi connectivity index (χ3v) is 5.64. The summed E-state index contributed by atoms with van der Waals surface area (Å²) in [5.41, 5.74) is 0.461. The number of nitrogens with one attached hydrogen (secondary N) is 1. The molecule has 0 bridgehead atoms. The van der Waals surface area contributed by atoms with Crippen molar-refractivity contribution in [3.05, 3.63) is 33.4 Å². The van der Waals surface area contributed by atoms with Crippen LogP contribution in [0.25, 0.3) is 5.65 Å². The molecule has 28 heavy (non-hydrogen) atoms. The first kappa shape index (κ1) is 19.0. The standard InChI is InChI=1S/C18H21F3N4O3/c1-28-9-13(18(19,20)21)24-8-11-15(17(24)27)22-14-7-12(23-25(14)16(11)26)10-5-3-2-4-6-10/h7,10,13,22H,2-6,8-9H2,1H3/t13-/m1/s1. The summed E-state index contributed by atoms with van der Waals surface area (Å²) >= 11 is 0. The van der Waals surface area contributed by atoms with Gasteiger partial charge < -0.3 is 14.6 Å². The number of ether oxygens (including phenoxy) is 1. The number of carbonyl (C=O) groups excluding carboxylic acids is 1. The van der Waals surface area contributed by atoms with Gasteiger partial charge in [-0.05, 0) is 12.8 Å². The molecule has 1 N–H and O–H groups in total. The van der Waals surface area contributed by atoms with Crippen molar-refractivity contribution in [2.45, 2.75) is 56.8 Å². The fourth-order valence-electron chi connectivity index (χ4n) is 4.17. The second-order valence-electron chi connectivity index (χ2n) is 7.43. The highest BCUT2D eigenvalue weighted by Crippen LogP contribution is 2.33. The molecule has 0 radical (unpaired) electrons. The van der Waals surface area contributed by atoms with E-state index >= 15 is 0 Å². The number of H-pyrrole nitrogens is 1. The number of rotatable bonds is 4. The van der Waals surface area contributed by atoms with E-state index in [1.165, 1.54) is 10.9 Å². The van der Waals surface area contributed by atoms with E-state index in [1.807, 2.05) is 0 Å². The molecule has 1 aliphatic heterocycles. The van der Waals surface area contributed by atoms with Crippen LogP contribution in [0.3, 0.4) is 0 Å². The lowest BCUT2D eigenvalue weighted by molar-refractivity contribution is -0.188. The highest BCUT2D eigenvalue weighted by molar-refractivity contribution is 5.97. The van der Waals surface area contributed by atoms with Crippen molar-refractivity contribution in [3.8, 4) is 0 Å². The lowest BCUT2D eigenvalue weighted by Crippen LogP contribution is -2.48. The number of aromatic nitrogens is 3. The summed E-state index contributed by atoms with van der Waals surface area (Å²) in [5.74, 6) is -0.589. The van der Waals surface area contributed by atoms with Gasteiger partial charge in [-0.25, -0.2) is 0 Å². The summed E-state index contributed by atoms with van der Waals surface area (Å²) in [6.07, 6.45) is 0.724. The molecule has 2 aromatic heterocycles. The fraction of sp³-hybridized carbons (Fsp3) is 0.611. The summed E-state index contributed by atoms with van der Waals surface area (Å²) < 4.78 is 45.9. The molecule has 1 aliphatic carbocycles. The van der Waals surface area contributed by atoms with Crippen LogP contribution in [0.5, 0.6) is 0 Å². The molecule has 0 saturated heterocycles. The first-order chi connectivity index (χ1) is 13.3. The van der Waals surface area contributed by atoms with Crippen LogP contribution in [0.2, 0.25) is 0 Å². The molecule has 1 saturated carbocycles. The van der Waals surface area contributed by atoms with E-state index in [-0.39, 0.29) is 17.2 Å². The van der Waals surface area contributed by atoms with Crippen LogP contribution < -0.4 is 5.56 Å². The third kappa shape index (κ3) is 3.09. The Morgan fingerprint density at radius 1 is 1.29 bits per heavy atom. The van der Waals surface area contributed by atoms with Crippen molar-refractivity contribution in [3.63, 3.8) is 0 Å². The van der Waals surface area contributed by atoms with E-state index in [1.54, 1.807) is 6.07 Å². The van der Waals surface area contributed by atoms with Gasteiger partial charge in [0.25, 0.3) is 11.5 Å². The largest absolute Gasteiger partial charge is 0.411 e. The maximum atomic E-state index is 13.4. The topological polar surface area (TPSA) is 79.7 Å². The van der Waals surface area contributed by atoms with E-state index in [0.717, 1.165) is 38.5 Å². The normalized spacial score (nSPS) is 19.4. The average molecular weight is 398 g/mol. The van der Waals surface area contributed by atoms with Gasteiger partial charge in [0.15, 0.2) is 6.04 Å². The number of fused-ring (bicyclic) bond motifs is 2. The molecule has 2 aromatic rings. The minimum Gasteiger partial charge on any atom is -0.382 e. The van der Waals surface area contributed by atoms with Gasteiger partial charge >= 0.3 is 6.18 Å². The van der Waals surface area contributed by atoms with Crippen LogP contribution >= 0.6 is 0 Å². The molecule has 0 unspecified atom stereocenters. The number of amides is 1. The number of carbonyl (C=O) groups is 1. The zero-order valence-corrected chi connectivity index (χ0v) is 15.4. The third-order valence-electron chi connectivity index (χ3n) is 5.64. The Hall–Kier alpha value is -2.36. The van der Waals surface area contributed by atoms with Crippen molar-refractivity contribution in [2.75, 3.05) is 13.7 Å². The number of alkyl halides is 3. The molecule has 2 aliphatic rings.